The number of aryl methyl sites for hydroxylation is 1. The standard InChI is InChI=1S/C16H12Cl3N5OS/c1-9-7-12-13(23-24(22-12)10-5-3-2-4-6-10)8-11(9)20-15(26)21-14(25)16(17,18)19/h2-8H,1H3,(H2,20,21,25,26). The highest BCUT2D eigenvalue weighted by Crippen LogP contribution is 2.26. The lowest BCUT2D eigenvalue weighted by atomic mass is 10.2. The SMILES string of the molecule is Cc1cc2nn(-c3ccccc3)nc2cc1NC(=S)NC(=O)C(Cl)(Cl)Cl. The molecule has 1 amide bonds. The Kier molecular flexibility index (Phi) is 5.34. The number of carbonyl (C=O) groups is 1. The van der Waals surface area contributed by atoms with E-state index in [4.69, 9.17) is 47.0 Å². The molecule has 3 rings (SSSR count). The smallest absolute Gasteiger partial charge is 0.278 e. The predicted molar refractivity (Wildman–Crippen MR) is 108 cm³/mol. The Balaban J connectivity index is 1.84. The van der Waals surface area contributed by atoms with E-state index in [0.717, 1.165) is 16.8 Å². The highest BCUT2D eigenvalue weighted by molar-refractivity contribution is 7.80. The number of nitrogens with zero attached hydrogens (tertiary/aromatic N) is 3. The van der Waals surface area contributed by atoms with Gasteiger partial charge in [-0.25, -0.2) is 0 Å². The molecule has 6 nitrogen and oxygen atoms in total. The van der Waals surface area contributed by atoms with Crippen LogP contribution >= 0.6 is 47.0 Å². The Bertz CT molecular complexity index is 985. The molecule has 0 saturated heterocycles. The van der Waals surface area contributed by atoms with Crippen molar-refractivity contribution in [1.82, 2.24) is 20.3 Å². The van der Waals surface area contributed by atoms with Crippen molar-refractivity contribution in [2.24, 2.45) is 0 Å². The number of alkyl halides is 3. The molecule has 0 aliphatic carbocycles. The Labute approximate surface area is 169 Å². The van der Waals surface area contributed by atoms with Crippen LogP contribution in [0.5, 0.6) is 0 Å². The summed E-state index contributed by atoms with van der Waals surface area (Å²) in [5.41, 5.74) is 3.77. The minimum Gasteiger partial charge on any atom is -0.332 e. The number of fused-ring (bicyclic) bond motifs is 1. The molecule has 0 aliphatic heterocycles. The fraction of sp³-hybridized carbons (Fsp3) is 0.125. The number of benzene rings is 2. The van der Waals surface area contributed by atoms with E-state index < -0.39 is 9.70 Å². The van der Waals surface area contributed by atoms with Crippen molar-refractivity contribution in [2.75, 3.05) is 5.32 Å². The van der Waals surface area contributed by atoms with Crippen LogP contribution in [-0.2, 0) is 4.79 Å². The lowest BCUT2D eigenvalue weighted by Crippen LogP contribution is -2.41. The van der Waals surface area contributed by atoms with Gasteiger partial charge in [-0.15, -0.1) is 10.2 Å². The number of carbonyl (C=O) groups excluding carboxylic acids is 1. The first-order valence-electron chi connectivity index (χ1n) is 7.36. The molecule has 0 saturated carbocycles. The molecule has 3 aromatic rings. The van der Waals surface area contributed by atoms with Gasteiger partial charge in [0.25, 0.3) is 9.70 Å². The third kappa shape index (κ3) is 4.24. The van der Waals surface area contributed by atoms with Crippen LogP contribution in [0.3, 0.4) is 0 Å². The number of para-hydroxylation sites is 1. The van der Waals surface area contributed by atoms with E-state index >= 15 is 0 Å². The van der Waals surface area contributed by atoms with Crippen LogP contribution in [-0.4, -0.2) is 29.8 Å². The van der Waals surface area contributed by atoms with E-state index in [-0.39, 0.29) is 5.11 Å². The van der Waals surface area contributed by atoms with Gasteiger partial charge in [0.2, 0.25) is 0 Å². The first kappa shape index (κ1) is 18.8. The van der Waals surface area contributed by atoms with Crippen molar-refractivity contribution >= 4 is 74.8 Å². The molecule has 0 bridgehead atoms. The highest BCUT2D eigenvalue weighted by atomic mass is 35.6. The molecule has 1 aromatic heterocycles. The van der Waals surface area contributed by atoms with Gasteiger partial charge in [0.1, 0.15) is 11.0 Å². The molecule has 134 valence electrons. The molecule has 10 heteroatoms. The quantitative estimate of drug-likeness (QED) is 0.478. The van der Waals surface area contributed by atoms with Crippen molar-refractivity contribution < 1.29 is 4.79 Å². The van der Waals surface area contributed by atoms with Crippen molar-refractivity contribution in [3.63, 3.8) is 0 Å². The molecule has 0 spiro atoms. The van der Waals surface area contributed by atoms with E-state index in [2.05, 4.69) is 20.8 Å². The molecule has 2 aromatic carbocycles. The molecule has 0 unspecified atom stereocenters. The maximum Gasteiger partial charge on any atom is 0.278 e. The van der Waals surface area contributed by atoms with Crippen LogP contribution in [0.4, 0.5) is 5.69 Å². The van der Waals surface area contributed by atoms with Crippen LogP contribution in [0.1, 0.15) is 5.56 Å². The highest BCUT2D eigenvalue weighted by Gasteiger charge is 2.31. The number of hydrogen-bond donors (Lipinski definition) is 2. The van der Waals surface area contributed by atoms with Gasteiger partial charge in [0, 0.05) is 5.69 Å². The number of amides is 1. The van der Waals surface area contributed by atoms with E-state index in [1.54, 1.807) is 10.9 Å². The summed E-state index contributed by atoms with van der Waals surface area (Å²) in [7, 11) is 0. The second-order valence-electron chi connectivity index (χ2n) is 5.39. The van der Waals surface area contributed by atoms with Crippen LogP contribution in [0, 0.1) is 6.92 Å². The van der Waals surface area contributed by atoms with Crippen molar-refractivity contribution in [2.45, 2.75) is 10.7 Å². The fourth-order valence-electron chi connectivity index (χ4n) is 2.21. The molecule has 0 radical (unpaired) electrons. The minimum absolute atomic E-state index is 0.0132. The number of aromatic nitrogens is 3. The number of hydrogen-bond acceptors (Lipinski definition) is 4. The summed E-state index contributed by atoms with van der Waals surface area (Å²) < 4.78 is -2.09. The van der Waals surface area contributed by atoms with Gasteiger partial charge in [-0.3, -0.25) is 10.1 Å². The monoisotopic (exact) mass is 427 g/mol. The molecule has 0 aliphatic rings. The van der Waals surface area contributed by atoms with Gasteiger partial charge in [-0.1, -0.05) is 53.0 Å². The van der Waals surface area contributed by atoms with Crippen molar-refractivity contribution in [3.05, 3.63) is 48.0 Å². The number of nitrogens with one attached hydrogen (secondary N) is 2. The van der Waals surface area contributed by atoms with E-state index in [0.29, 0.717) is 11.2 Å². The summed E-state index contributed by atoms with van der Waals surface area (Å²) in [5, 5.41) is 14.2. The second kappa shape index (κ2) is 7.36. The zero-order valence-electron chi connectivity index (χ0n) is 13.3. The largest absolute Gasteiger partial charge is 0.332 e. The van der Waals surface area contributed by atoms with E-state index in [9.17, 15) is 4.79 Å². The lowest BCUT2D eigenvalue weighted by molar-refractivity contribution is -0.118. The Hall–Kier alpha value is -1.93. The van der Waals surface area contributed by atoms with Crippen LogP contribution in [0.15, 0.2) is 42.5 Å². The normalized spacial score (nSPS) is 11.4. The summed E-state index contributed by atoms with van der Waals surface area (Å²) in [6.07, 6.45) is 0. The second-order valence-corrected chi connectivity index (χ2v) is 8.08. The summed E-state index contributed by atoms with van der Waals surface area (Å²) >= 11 is 21.6. The van der Waals surface area contributed by atoms with Gasteiger partial charge < -0.3 is 5.32 Å². The first-order valence-corrected chi connectivity index (χ1v) is 8.90. The zero-order valence-corrected chi connectivity index (χ0v) is 16.4. The van der Waals surface area contributed by atoms with Gasteiger partial charge in [0.05, 0.1) is 5.69 Å². The summed E-state index contributed by atoms with van der Waals surface area (Å²) in [6, 6.07) is 13.2. The molecule has 0 fully saturated rings. The molecule has 1 heterocycles. The topological polar surface area (TPSA) is 71.8 Å². The van der Waals surface area contributed by atoms with Crippen LogP contribution < -0.4 is 10.6 Å². The predicted octanol–water partition coefficient (Wildman–Crippen LogP) is 3.91. The summed E-state index contributed by atoms with van der Waals surface area (Å²) in [6.45, 7) is 1.88. The van der Waals surface area contributed by atoms with Crippen molar-refractivity contribution in [3.8, 4) is 5.69 Å². The number of anilines is 1. The maximum atomic E-state index is 11.7. The first-order chi connectivity index (χ1) is 12.2. The average Bonchev–Trinajstić information content (AvgIpc) is 2.97. The Morgan fingerprint density at radius 3 is 2.35 bits per heavy atom. The lowest BCUT2D eigenvalue weighted by Gasteiger charge is -2.14. The number of thiocarbonyl (C=S) groups is 1. The molecule has 2 N–H and O–H groups in total. The molecular formula is C16H12Cl3N5OS. The maximum absolute atomic E-state index is 11.7. The van der Waals surface area contributed by atoms with Crippen molar-refractivity contribution in [1.29, 1.82) is 0 Å². The zero-order chi connectivity index (χ0) is 18.9. The Morgan fingerprint density at radius 2 is 1.73 bits per heavy atom. The van der Waals surface area contributed by atoms with Gasteiger partial charge in [0.15, 0.2) is 5.11 Å². The van der Waals surface area contributed by atoms with E-state index in [1.807, 2.05) is 43.3 Å². The number of rotatable bonds is 2. The third-order valence-corrected chi connectivity index (χ3v) is 4.17. The Morgan fingerprint density at radius 1 is 1.12 bits per heavy atom. The van der Waals surface area contributed by atoms with Gasteiger partial charge >= 0.3 is 0 Å². The summed E-state index contributed by atoms with van der Waals surface area (Å²) in [4.78, 5) is 13.2. The van der Waals surface area contributed by atoms with Crippen LogP contribution in [0.2, 0.25) is 0 Å². The summed E-state index contributed by atoms with van der Waals surface area (Å²) in [5.74, 6) is -0.839. The van der Waals surface area contributed by atoms with E-state index in [1.165, 1.54) is 0 Å². The van der Waals surface area contributed by atoms with Gasteiger partial charge in [-0.05, 0) is 49.0 Å². The average molecular weight is 429 g/mol. The third-order valence-electron chi connectivity index (χ3n) is 3.45. The molecule has 0 atom stereocenters. The van der Waals surface area contributed by atoms with Gasteiger partial charge in [-0.2, -0.15) is 4.80 Å². The van der Waals surface area contributed by atoms with Crippen LogP contribution in [0.25, 0.3) is 16.7 Å². The number of halogens is 3. The molecular weight excluding hydrogens is 417 g/mol. The molecule has 26 heavy (non-hydrogen) atoms. The minimum atomic E-state index is -2.09. The fourth-order valence-corrected chi connectivity index (χ4v) is 2.55.